The van der Waals surface area contributed by atoms with Gasteiger partial charge in [0.2, 0.25) is 0 Å². The monoisotopic (exact) mass is 234 g/mol. The van der Waals surface area contributed by atoms with Gasteiger partial charge in [0, 0.05) is 5.57 Å². The van der Waals surface area contributed by atoms with Crippen LogP contribution in [0.2, 0.25) is 0 Å². The van der Waals surface area contributed by atoms with Crippen LogP contribution < -0.4 is 0 Å². The first-order valence-electron chi connectivity index (χ1n) is 6.52. The molecule has 0 saturated heterocycles. The summed E-state index contributed by atoms with van der Waals surface area (Å²) in [6, 6.07) is 0. The largest absolute Gasteiger partial charge is 0.478 e. The summed E-state index contributed by atoms with van der Waals surface area (Å²) in [6.07, 6.45) is 8.85. The van der Waals surface area contributed by atoms with E-state index in [0.717, 1.165) is 24.7 Å². The maximum Gasteiger partial charge on any atom is 0.330 e. The fraction of sp³-hybridized carbons (Fsp3) is 0.667. The highest BCUT2D eigenvalue weighted by atomic mass is 16.4. The van der Waals surface area contributed by atoms with E-state index >= 15 is 0 Å². The van der Waals surface area contributed by atoms with Gasteiger partial charge in [-0.05, 0) is 56.8 Å². The summed E-state index contributed by atoms with van der Waals surface area (Å²) in [7, 11) is 0. The molecule has 2 heteroatoms. The Hall–Kier alpha value is -1.05. The fourth-order valence-electron chi connectivity index (χ4n) is 3.55. The molecule has 3 unspecified atom stereocenters. The Kier molecular flexibility index (Phi) is 3.15. The van der Waals surface area contributed by atoms with Gasteiger partial charge in [-0.3, -0.25) is 0 Å². The first kappa shape index (κ1) is 12.4. The van der Waals surface area contributed by atoms with E-state index in [1.54, 1.807) is 12.5 Å². The fourth-order valence-corrected chi connectivity index (χ4v) is 3.55. The second-order valence-corrected chi connectivity index (χ2v) is 5.91. The maximum absolute atomic E-state index is 10.7. The average molecular weight is 234 g/mol. The number of allylic oxidation sites excluding steroid dienone is 3. The Bertz CT molecular complexity index is 392. The van der Waals surface area contributed by atoms with Crippen molar-refractivity contribution in [2.24, 2.45) is 17.3 Å². The minimum Gasteiger partial charge on any atom is -0.478 e. The molecule has 3 aliphatic carbocycles. The minimum absolute atomic E-state index is 0.425. The highest BCUT2D eigenvalue weighted by molar-refractivity contribution is 5.85. The van der Waals surface area contributed by atoms with Crippen molar-refractivity contribution in [2.75, 3.05) is 0 Å². The Labute approximate surface area is 103 Å². The summed E-state index contributed by atoms with van der Waals surface area (Å²) < 4.78 is 0. The summed E-state index contributed by atoms with van der Waals surface area (Å²) in [5.41, 5.74) is 2.45. The predicted molar refractivity (Wildman–Crippen MR) is 68.7 cm³/mol. The van der Waals surface area contributed by atoms with E-state index in [1.807, 2.05) is 6.08 Å². The van der Waals surface area contributed by atoms with Crippen molar-refractivity contribution in [2.45, 2.75) is 46.5 Å². The van der Waals surface area contributed by atoms with Crippen LogP contribution in [0, 0.1) is 17.3 Å². The van der Waals surface area contributed by atoms with Crippen molar-refractivity contribution in [1.29, 1.82) is 0 Å². The summed E-state index contributed by atoms with van der Waals surface area (Å²) in [5, 5.41) is 8.81. The average Bonchev–Trinajstić information content (AvgIpc) is 2.27. The lowest BCUT2D eigenvalue weighted by atomic mass is 9.47. The van der Waals surface area contributed by atoms with Crippen molar-refractivity contribution in [1.82, 2.24) is 0 Å². The molecule has 2 bridgehead atoms. The van der Waals surface area contributed by atoms with Crippen LogP contribution in [-0.4, -0.2) is 11.1 Å². The molecular weight excluding hydrogens is 212 g/mol. The first-order chi connectivity index (χ1) is 7.95. The zero-order valence-corrected chi connectivity index (χ0v) is 11.0. The molecule has 17 heavy (non-hydrogen) atoms. The van der Waals surface area contributed by atoms with Crippen LogP contribution in [0.1, 0.15) is 46.5 Å². The molecule has 0 aromatic rings. The van der Waals surface area contributed by atoms with Crippen molar-refractivity contribution in [3.05, 3.63) is 23.3 Å². The number of fused-ring (bicyclic) bond motifs is 1. The summed E-state index contributed by atoms with van der Waals surface area (Å²) in [4.78, 5) is 10.7. The quantitative estimate of drug-likeness (QED) is 0.593. The molecule has 0 aromatic carbocycles. The molecule has 1 fully saturated rings. The number of carbonyl (C=O) groups is 1. The third-order valence-electron chi connectivity index (χ3n) is 4.99. The minimum atomic E-state index is -0.792. The van der Waals surface area contributed by atoms with Crippen LogP contribution in [0.3, 0.4) is 0 Å². The first-order valence-corrected chi connectivity index (χ1v) is 6.52. The third-order valence-corrected chi connectivity index (χ3v) is 4.99. The van der Waals surface area contributed by atoms with Gasteiger partial charge in [-0.15, -0.1) is 0 Å². The highest BCUT2D eigenvalue weighted by Crippen LogP contribution is 2.61. The predicted octanol–water partition coefficient (Wildman–Crippen LogP) is 3.79. The standard InChI is InChI=1S/C15H22O2/c1-10-6-7-12-9-13(10)15(12,3)8-4-5-11(2)14(16)17/h5-6,12-13H,4,7-9H2,1-3H3,(H,16,17). The van der Waals surface area contributed by atoms with E-state index in [9.17, 15) is 4.79 Å². The zero-order valence-electron chi connectivity index (χ0n) is 11.0. The number of hydrogen-bond donors (Lipinski definition) is 1. The molecule has 2 nitrogen and oxygen atoms in total. The Balaban J connectivity index is 1.95. The maximum atomic E-state index is 10.7. The van der Waals surface area contributed by atoms with Gasteiger partial charge < -0.3 is 5.11 Å². The molecular formula is C15H22O2. The van der Waals surface area contributed by atoms with Gasteiger partial charge in [-0.25, -0.2) is 4.79 Å². The molecule has 0 amide bonds. The molecule has 3 aliphatic rings. The molecule has 1 saturated carbocycles. The number of rotatable bonds is 4. The van der Waals surface area contributed by atoms with E-state index in [-0.39, 0.29) is 0 Å². The third kappa shape index (κ3) is 2.05. The smallest absolute Gasteiger partial charge is 0.330 e. The van der Waals surface area contributed by atoms with Crippen LogP contribution in [0.15, 0.2) is 23.3 Å². The van der Waals surface area contributed by atoms with E-state index in [4.69, 9.17) is 5.11 Å². The molecule has 0 radical (unpaired) electrons. The van der Waals surface area contributed by atoms with E-state index < -0.39 is 5.97 Å². The second-order valence-electron chi connectivity index (χ2n) is 5.91. The number of hydrogen-bond acceptors (Lipinski definition) is 1. The van der Waals surface area contributed by atoms with Crippen molar-refractivity contribution in [3.8, 4) is 0 Å². The molecule has 1 N–H and O–H groups in total. The molecule has 3 rings (SSSR count). The van der Waals surface area contributed by atoms with E-state index in [1.165, 1.54) is 12.8 Å². The van der Waals surface area contributed by atoms with Crippen LogP contribution >= 0.6 is 0 Å². The van der Waals surface area contributed by atoms with Gasteiger partial charge >= 0.3 is 5.97 Å². The van der Waals surface area contributed by atoms with Gasteiger partial charge in [0.1, 0.15) is 0 Å². The van der Waals surface area contributed by atoms with Crippen molar-refractivity contribution < 1.29 is 9.90 Å². The summed E-state index contributed by atoms with van der Waals surface area (Å²) in [5.74, 6) is 0.787. The molecule has 0 aliphatic heterocycles. The van der Waals surface area contributed by atoms with Gasteiger partial charge in [-0.2, -0.15) is 0 Å². The van der Waals surface area contributed by atoms with Gasteiger partial charge in [-0.1, -0.05) is 24.6 Å². The molecule has 3 atom stereocenters. The van der Waals surface area contributed by atoms with Crippen LogP contribution in [-0.2, 0) is 4.79 Å². The van der Waals surface area contributed by atoms with Gasteiger partial charge in [0.25, 0.3) is 0 Å². The number of carboxylic acids is 1. The highest BCUT2D eigenvalue weighted by Gasteiger charge is 2.52. The molecule has 94 valence electrons. The van der Waals surface area contributed by atoms with Crippen LogP contribution in [0.25, 0.3) is 0 Å². The van der Waals surface area contributed by atoms with Gasteiger partial charge in [0.15, 0.2) is 0 Å². The molecule has 0 heterocycles. The van der Waals surface area contributed by atoms with Crippen molar-refractivity contribution in [3.63, 3.8) is 0 Å². The van der Waals surface area contributed by atoms with Gasteiger partial charge in [0.05, 0.1) is 0 Å². The Morgan fingerprint density at radius 1 is 1.65 bits per heavy atom. The Morgan fingerprint density at radius 3 is 2.88 bits per heavy atom. The number of aliphatic carboxylic acids is 1. The number of carboxylic acid groups (broad SMARTS) is 1. The van der Waals surface area contributed by atoms with E-state index in [0.29, 0.717) is 11.0 Å². The summed E-state index contributed by atoms with van der Waals surface area (Å²) >= 11 is 0. The zero-order chi connectivity index (χ0) is 12.6. The molecule has 0 aromatic heterocycles. The topological polar surface area (TPSA) is 37.3 Å². The van der Waals surface area contributed by atoms with Crippen molar-refractivity contribution >= 4 is 5.97 Å². The lowest BCUT2D eigenvalue weighted by Gasteiger charge is -2.58. The van der Waals surface area contributed by atoms with Crippen LogP contribution in [0.4, 0.5) is 0 Å². The normalized spacial score (nSPS) is 36.2. The summed E-state index contributed by atoms with van der Waals surface area (Å²) in [6.45, 7) is 6.31. The van der Waals surface area contributed by atoms with E-state index in [2.05, 4.69) is 19.9 Å². The van der Waals surface area contributed by atoms with Crippen LogP contribution in [0.5, 0.6) is 0 Å². The SMILES string of the molecule is CC(=CCCC1(C)C2CC=C(C)C1C2)C(=O)O. The second kappa shape index (κ2) is 4.32. The lowest BCUT2D eigenvalue weighted by molar-refractivity contribution is -0.132. The molecule has 0 spiro atoms. The lowest BCUT2D eigenvalue weighted by Crippen LogP contribution is -2.49. The Morgan fingerprint density at radius 2 is 2.35 bits per heavy atom.